The third-order valence-electron chi connectivity index (χ3n) is 1.77. The topological polar surface area (TPSA) is 42.7 Å². The molecule has 6 heteroatoms. The van der Waals surface area contributed by atoms with E-state index in [1.807, 2.05) is 0 Å². The molecule has 0 saturated heterocycles. The van der Waals surface area contributed by atoms with Gasteiger partial charge in [0, 0.05) is 25.5 Å². The molecular weight excluding hydrogens is 219 g/mol. The maximum atomic E-state index is 13.3. The molecule has 2 aromatic rings. The summed E-state index contributed by atoms with van der Waals surface area (Å²) >= 11 is 5.57. The van der Waals surface area contributed by atoms with Crippen molar-refractivity contribution in [2.75, 3.05) is 5.32 Å². The largest absolute Gasteiger partial charge is 0.321 e. The highest BCUT2D eigenvalue weighted by atomic mass is 35.5. The molecule has 0 aromatic carbocycles. The summed E-state index contributed by atoms with van der Waals surface area (Å²) in [4.78, 5) is 3.82. The van der Waals surface area contributed by atoms with Crippen LogP contribution in [-0.4, -0.2) is 14.8 Å². The molecule has 0 aliphatic carbocycles. The summed E-state index contributed by atoms with van der Waals surface area (Å²) < 4.78 is 14.9. The van der Waals surface area contributed by atoms with Crippen molar-refractivity contribution in [3.05, 3.63) is 35.4 Å². The van der Waals surface area contributed by atoms with Gasteiger partial charge in [0.15, 0.2) is 17.5 Å². The van der Waals surface area contributed by atoms with E-state index in [1.165, 1.54) is 12.3 Å². The fraction of sp³-hybridized carbons (Fsp3) is 0.111. The van der Waals surface area contributed by atoms with Crippen molar-refractivity contribution in [2.24, 2.45) is 7.05 Å². The number of halogens is 2. The Morgan fingerprint density at radius 3 is 2.93 bits per heavy atom. The summed E-state index contributed by atoms with van der Waals surface area (Å²) in [5.41, 5.74) is 0. The normalized spacial score (nSPS) is 10.3. The third-order valence-corrected chi connectivity index (χ3v) is 1.97. The number of pyridine rings is 1. The molecule has 0 aliphatic rings. The van der Waals surface area contributed by atoms with Crippen molar-refractivity contribution in [3.63, 3.8) is 0 Å². The van der Waals surface area contributed by atoms with E-state index < -0.39 is 5.82 Å². The number of hydrogen-bond acceptors (Lipinski definition) is 3. The van der Waals surface area contributed by atoms with Gasteiger partial charge in [0.2, 0.25) is 0 Å². The molecular formula is C9H8ClFN4. The average Bonchev–Trinajstić information content (AvgIpc) is 2.56. The molecule has 0 spiro atoms. The Bertz CT molecular complexity index is 483. The zero-order valence-corrected chi connectivity index (χ0v) is 8.66. The summed E-state index contributed by atoms with van der Waals surface area (Å²) in [5, 5.41) is 7.04. The predicted octanol–water partition coefficient (Wildman–Crippen LogP) is 2.35. The minimum absolute atomic E-state index is 0.109. The molecule has 2 heterocycles. The predicted molar refractivity (Wildman–Crippen MR) is 55.7 cm³/mol. The Morgan fingerprint density at radius 2 is 2.33 bits per heavy atom. The zero-order valence-electron chi connectivity index (χ0n) is 7.91. The standard InChI is InChI=1S/C9H8ClFN4/c1-15-3-2-8(14-15)13-9-7(11)4-6(10)5-12-9/h2-5H,1H3,(H,12,13,14). The van der Waals surface area contributed by atoms with Gasteiger partial charge in [-0.2, -0.15) is 5.10 Å². The van der Waals surface area contributed by atoms with Crippen LogP contribution in [0.5, 0.6) is 0 Å². The molecule has 15 heavy (non-hydrogen) atoms. The van der Waals surface area contributed by atoms with Gasteiger partial charge in [-0.15, -0.1) is 0 Å². The van der Waals surface area contributed by atoms with Crippen molar-refractivity contribution < 1.29 is 4.39 Å². The minimum atomic E-state index is -0.506. The summed E-state index contributed by atoms with van der Waals surface area (Å²) in [7, 11) is 1.77. The highest BCUT2D eigenvalue weighted by molar-refractivity contribution is 6.30. The van der Waals surface area contributed by atoms with E-state index in [-0.39, 0.29) is 10.8 Å². The van der Waals surface area contributed by atoms with Crippen LogP contribution >= 0.6 is 11.6 Å². The number of nitrogens with zero attached hydrogens (tertiary/aromatic N) is 3. The second-order valence-electron chi connectivity index (χ2n) is 2.98. The van der Waals surface area contributed by atoms with Gasteiger partial charge >= 0.3 is 0 Å². The van der Waals surface area contributed by atoms with E-state index >= 15 is 0 Å². The van der Waals surface area contributed by atoms with Gasteiger partial charge in [0.05, 0.1) is 5.02 Å². The molecule has 0 bridgehead atoms. The van der Waals surface area contributed by atoms with Gasteiger partial charge in [-0.1, -0.05) is 11.6 Å². The van der Waals surface area contributed by atoms with Crippen LogP contribution in [-0.2, 0) is 7.05 Å². The number of nitrogens with one attached hydrogen (secondary N) is 1. The highest BCUT2D eigenvalue weighted by Gasteiger charge is 2.05. The molecule has 0 saturated carbocycles. The van der Waals surface area contributed by atoms with Crippen molar-refractivity contribution >= 4 is 23.2 Å². The first-order chi connectivity index (χ1) is 7.15. The second-order valence-corrected chi connectivity index (χ2v) is 3.42. The van der Waals surface area contributed by atoms with Crippen LogP contribution in [0.25, 0.3) is 0 Å². The van der Waals surface area contributed by atoms with Crippen LogP contribution in [0.15, 0.2) is 24.5 Å². The lowest BCUT2D eigenvalue weighted by molar-refractivity contribution is 0.626. The van der Waals surface area contributed by atoms with E-state index in [4.69, 9.17) is 11.6 Å². The maximum absolute atomic E-state index is 13.3. The van der Waals surface area contributed by atoms with Gasteiger partial charge in [0.25, 0.3) is 0 Å². The summed E-state index contributed by atoms with van der Waals surface area (Å²) in [6.07, 6.45) is 3.12. The van der Waals surface area contributed by atoms with E-state index in [0.29, 0.717) is 5.82 Å². The van der Waals surface area contributed by atoms with Gasteiger partial charge in [0.1, 0.15) is 0 Å². The molecule has 4 nitrogen and oxygen atoms in total. The molecule has 0 radical (unpaired) electrons. The summed E-state index contributed by atoms with van der Waals surface area (Å²) in [5.74, 6) is 0.137. The van der Waals surface area contributed by atoms with E-state index in [0.717, 1.165) is 0 Å². The fourth-order valence-electron chi connectivity index (χ4n) is 1.11. The first-order valence-corrected chi connectivity index (χ1v) is 4.60. The van der Waals surface area contributed by atoms with E-state index in [9.17, 15) is 4.39 Å². The number of rotatable bonds is 2. The molecule has 1 N–H and O–H groups in total. The van der Waals surface area contributed by atoms with E-state index in [1.54, 1.807) is 24.0 Å². The Labute approximate surface area is 90.7 Å². The van der Waals surface area contributed by atoms with Crippen LogP contribution in [0.1, 0.15) is 0 Å². The molecule has 0 unspecified atom stereocenters. The molecule has 0 amide bonds. The second kappa shape index (κ2) is 3.86. The first-order valence-electron chi connectivity index (χ1n) is 4.23. The monoisotopic (exact) mass is 226 g/mol. The van der Waals surface area contributed by atoms with Crippen LogP contribution in [0.4, 0.5) is 16.0 Å². The van der Waals surface area contributed by atoms with Crippen molar-refractivity contribution in [2.45, 2.75) is 0 Å². The van der Waals surface area contributed by atoms with Crippen molar-refractivity contribution in [1.29, 1.82) is 0 Å². The van der Waals surface area contributed by atoms with E-state index in [2.05, 4.69) is 15.4 Å². The van der Waals surface area contributed by atoms with Crippen molar-refractivity contribution in [1.82, 2.24) is 14.8 Å². The van der Waals surface area contributed by atoms with Crippen LogP contribution < -0.4 is 5.32 Å². The molecule has 78 valence electrons. The first kappa shape index (κ1) is 9.92. The minimum Gasteiger partial charge on any atom is -0.321 e. The Balaban J connectivity index is 2.24. The zero-order chi connectivity index (χ0) is 10.8. The lowest BCUT2D eigenvalue weighted by Crippen LogP contribution is -1.98. The van der Waals surface area contributed by atoms with Gasteiger partial charge in [-0.3, -0.25) is 4.68 Å². The Kier molecular flexibility index (Phi) is 2.55. The molecule has 2 rings (SSSR count). The summed E-state index contributed by atoms with van der Waals surface area (Å²) in [6, 6.07) is 2.91. The quantitative estimate of drug-likeness (QED) is 0.855. The van der Waals surface area contributed by atoms with Crippen molar-refractivity contribution in [3.8, 4) is 0 Å². The Morgan fingerprint density at radius 1 is 1.53 bits per heavy atom. The number of aromatic nitrogens is 3. The molecule has 2 aromatic heterocycles. The van der Waals surface area contributed by atoms with Gasteiger partial charge in [-0.05, 0) is 6.07 Å². The SMILES string of the molecule is Cn1ccc(Nc2ncc(Cl)cc2F)n1. The fourth-order valence-corrected chi connectivity index (χ4v) is 1.25. The molecule has 0 atom stereocenters. The highest BCUT2D eigenvalue weighted by Crippen LogP contribution is 2.18. The molecule has 0 aliphatic heterocycles. The van der Waals surface area contributed by atoms with Crippen LogP contribution in [0.3, 0.4) is 0 Å². The number of aryl methyl sites for hydroxylation is 1. The average molecular weight is 227 g/mol. The maximum Gasteiger partial charge on any atom is 0.167 e. The van der Waals surface area contributed by atoms with Crippen LogP contribution in [0, 0.1) is 5.82 Å². The van der Waals surface area contributed by atoms with Gasteiger partial charge in [-0.25, -0.2) is 9.37 Å². The smallest absolute Gasteiger partial charge is 0.167 e. The summed E-state index contributed by atoms with van der Waals surface area (Å²) in [6.45, 7) is 0. The Hall–Kier alpha value is -1.62. The van der Waals surface area contributed by atoms with Crippen LogP contribution in [0.2, 0.25) is 5.02 Å². The number of hydrogen-bond donors (Lipinski definition) is 1. The van der Waals surface area contributed by atoms with Gasteiger partial charge < -0.3 is 5.32 Å². The lowest BCUT2D eigenvalue weighted by atomic mass is 10.4. The third kappa shape index (κ3) is 2.24. The lowest BCUT2D eigenvalue weighted by Gasteiger charge is -2.02. The number of anilines is 2. The molecule has 0 fully saturated rings.